The zero-order chi connectivity index (χ0) is 22.1. The van der Waals surface area contributed by atoms with Crippen LogP contribution in [0.4, 0.5) is 5.69 Å². The summed E-state index contributed by atoms with van der Waals surface area (Å²) < 4.78 is 10.6. The molecule has 6 nitrogen and oxygen atoms in total. The Kier molecular flexibility index (Phi) is 8.44. The Balaban J connectivity index is 1.39. The molecule has 1 aliphatic rings. The van der Waals surface area contributed by atoms with E-state index >= 15 is 0 Å². The monoisotopic (exact) mass is 424 g/mol. The number of benzene rings is 2. The van der Waals surface area contributed by atoms with Crippen LogP contribution in [0.3, 0.4) is 0 Å². The maximum atomic E-state index is 5.36. The first-order chi connectivity index (χ1) is 15.1. The maximum absolute atomic E-state index is 5.36. The molecule has 2 unspecified atom stereocenters. The normalized spacial score (nSPS) is 17.4. The first kappa shape index (κ1) is 22.8. The van der Waals surface area contributed by atoms with Crippen molar-refractivity contribution >= 4 is 11.6 Å². The summed E-state index contributed by atoms with van der Waals surface area (Å²) in [5, 5.41) is 6.96. The molecule has 0 radical (unpaired) electrons. The molecule has 0 bridgehead atoms. The van der Waals surface area contributed by atoms with Gasteiger partial charge in [0.05, 0.1) is 14.2 Å². The third-order valence-electron chi connectivity index (χ3n) is 6.04. The van der Waals surface area contributed by atoms with E-state index in [4.69, 9.17) is 9.47 Å². The fourth-order valence-corrected chi connectivity index (χ4v) is 4.01. The highest BCUT2D eigenvalue weighted by molar-refractivity contribution is 5.79. The summed E-state index contributed by atoms with van der Waals surface area (Å²) >= 11 is 0. The molecule has 2 aromatic rings. The summed E-state index contributed by atoms with van der Waals surface area (Å²) in [6.45, 7) is 6.18. The molecule has 1 aliphatic heterocycles. The van der Waals surface area contributed by atoms with Gasteiger partial charge in [-0.1, -0.05) is 25.1 Å². The Morgan fingerprint density at radius 2 is 1.87 bits per heavy atom. The molecule has 1 fully saturated rings. The summed E-state index contributed by atoms with van der Waals surface area (Å²) in [6, 6.07) is 16.6. The van der Waals surface area contributed by atoms with E-state index in [1.165, 1.54) is 17.7 Å². The number of methoxy groups -OCH3 is 2. The van der Waals surface area contributed by atoms with E-state index in [9.17, 15) is 0 Å². The minimum atomic E-state index is 0.475. The molecule has 2 N–H and O–H groups in total. The first-order valence-corrected chi connectivity index (χ1v) is 11.1. The lowest BCUT2D eigenvalue weighted by molar-refractivity contribution is 0.414. The molecular weight excluding hydrogens is 388 g/mol. The fraction of sp³-hybridized carbons (Fsp3) is 0.480. The highest BCUT2D eigenvalue weighted by Crippen LogP contribution is 2.26. The molecule has 0 amide bonds. The van der Waals surface area contributed by atoms with Crippen LogP contribution in [-0.2, 0) is 0 Å². The summed E-state index contributed by atoms with van der Waals surface area (Å²) in [5.74, 6) is 3.76. The third-order valence-corrected chi connectivity index (χ3v) is 6.04. The Morgan fingerprint density at radius 1 is 1.10 bits per heavy atom. The second kappa shape index (κ2) is 11.5. The van der Waals surface area contributed by atoms with Gasteiger partial charge < -0.3 is 25.0 Å². The van der Waals surface area contributed by atoms with Gasteiger partial charge in [-0.15, -0.1) is 0 Å². The van der Waals surface area contributed by atoms with Gasteiger partial charge in [0, 0.05) is 45.0 Å². The van der Waals surface area contributed by atoms with Gasteiger partial charge in [0.1, 0.15) is 11.5 Å². The smallest absolute Gasteiger partial charge is 0.190 e. The van der Waals surface area contributed by atoms with Gasteiger partial charge >= 0.3 is 0 Å². The second-order valence-electron chi connectivity index (χ2n) is 8.14. The van der Waals surface area contributed by atoms with Crippen LogP contribution in [0.2, 0.25) is 0 Å². The van der Waals surface area contributed by atoms with Gasteiger partial charge in [-0.2, -0.15) is 0 Å². The van der Waals surface area contributed by atoms with Crippen molar-refractivity contribution in [3.8, 4) is 11.5 Å². The number of aliphatic imine (C=N–C) groups is 1. The molecule has 0 saturated carbocycles. The molecule has 31 heavy (non-hydrogen) atoms. The van der Waals surface area contributed by atoms with Crippen molar-refractivity contribution in [2.45, 2.75) is 25.7 Å². The third kappa shape index (κ3) is 6.54. The van der Waals surface area contributed by atoms with Gasteiger partial charge in [-0.25, -0.2) is 0 Å². The van der Waals surface area contributed by atoms with E-state index in [0.717, 1.165) is 50.1 Å². The predicted octanol–water partition coefficient (Wildman–Crippen LogP) is 3.89. The zero-order valence-electron chi connectivity index (χ0n) is 19.2. The van der Waals surface area contributed by atoms with Crippen LogP contribution in [0, 0.1) is 5.92 Å². The van der Waals surface area contributed by atoms with Gasteiger partial charge in [-0.05, 0) is 54.5 Å². The average molecular weight is 425 g/mol. The molecule has 0 spiro atoms. The Labute approximate surface area is 186 Å². The van der Waals surface area contributed by atoms with E-state index in [1.54, 1.807) is 14.2 Å². The lowest BCUT2D eigenvalue weighted by Crippen LogP contribution is -2.40. The van der Waals surface area contributed by atoms with Crippen LogP contribution in [0.25, 0.3) is 0 Å². The number of hydrogen-bond acceptors (Lipinski definition) is 4. The largest absolute Gasteiger partial charge is 0.497 e. The second-order valence-corrected chi connectivity index (χ2v) is 8.14. The van der Waals surface area contributed by atoms with Crippen LogP contribution >= 0.6 is 0 Å². The predicted molar refractivity (Wildman–Crippen MR) is 129 cm³/mol. The van der Waals surface area contributed by atoms with Crippen LogP contribution < -0.4 is 25.0 Å². The quantitative estimate of drug-likeness (QED) is 0.472. The number of nitrogens with zero attached hydrogens (tertiary/aromatic N) is 2. The van der Waals surface area contributed by atoms with Gasteiger partial charge in [0.15, 0.2) is 5.96 Å². The minimum absolute atomic E-state index is 0.475. The molecule has 2 atom stereocenters. The molecule has 6 heteroatoms. The molecule has 168 valence electrons. The minimum Gasteiger partial charge on any atom is -0.497 e. The van der Waals surface area contributed by atoms with Crippen molar-refractivity contribution < 1.29 is 9.47 Å². The summed E-state index contributed by atoms with van der Waals surface area (Å²) in [5.41, 5.74) is 2.56. The van der Waals surface area contributed by atoms with Crippen LogP contribution in [0.15, 0.2) is 53.5 Å². The number of rotatable bonds is 9. The first-order valence-electron chi connectivity index (χ1n) is 11.1. The summed E-state index contributed by atoms with van der Waals surface area (Å²) in [6.07, 6.45) is 2.22. The summed E-state index contributed by atoms with van der Waals surface area (Å²) in [7, 11) is 5.24. The van der Waals surface area contributed by atoms with Crippen molar-refractivity contribution in [1.29, 1.82) is 0 Å². The molecular formula is C25H36N4O2. The highest BCUT2D eigenvalue weighted by atomic mass is 16.5. The number of ether oxygens (including phenoxy) is 2. The van der Waals surface area contributed by atoms with Crippen LogP contribution in [-0.4, -0.2) is 53.4 Å². The molecule has 2 aromatic carbocycles. The van der Waals surface area contributed by atoms with Crippen molar-refractivity contribution in [1.82, 2.24) is 10.6 Å². The van der Waals surface area contributed by atoms with Crippen molar-refractivity contribution in [2.24, 2.45) is 10.9 Å². The summed E-state index contributed by atoms with van der Waals surface area (Å²) in [4.78, 5) is 6.82. The van der Waals surface area contributed by atoms with E-state index in [1.807, 2.05) is 25.2 Å². The highest BCUT2D eigenvalue weighted by Gasteiger charge is 2.23. The lowest BCUT2D eigenvalue weighted by atomic mass is 9.98. The Bertz CT molecular complexity index is 838. The van der Waals surface area contributed by atoms with Crippen LogP contribution in [0.5, 0.6) is 11.5 Å². The van der Waals surface area contributed by atoms with Crippen molar-refractivity contribution in [3.05, 3.63) is 54.1 Å². The van der Waals surface area contributed by atoms with Gasteiger partial charge in [0.2, 0.25) is 0 Å². The van der Waals surface area contributed by atoms with Gasteiger partial charge in [-0.3, -0.25) is 4.99 Å². The SMILES string of the molecule is CN=C(NCCC(C)c1ccc(OC)cc1)NCC1CCN(c2cccc(OC)c2)C1. The van der Waals surface area contributed by atoms with E-state index < -0.39 is 0 Å². The molecule has 1 heterocycles. The zero-order valence-corrected chi connectivity index (χ0v) is 19.2. The van der Waals surface area contributed by atoms with Crippen molar-refractivity contribution in [3.63, 3.8) is 0 Å². The maximum Gasteiger partial charge on any atom is 0.190 e. The Hall–Kier alpha value is -2.89. The van der Waals surface area contributed by atoms with Gasteiger partial charge in [0.25, 0.3) is 0 Å². The average Bonchev–Trinajstić information content (AvgIpc) is 3.30. The van der Waals surface area contributed by atoms with E-state index in [2.05, 4.69) is 57.8 Å². The molecule has 3 rings (SSSR count). The topological polar surface area (TPSA) is 58.1 Å². The number of nitrogens with one attached hydrogen (secondary N) is 2. The number of hydrogen-bond donors (Lipinski definition) is 2. The number of anilines is 1. The molecule has 0 aromatic heterocycles. The molecule has 0 aliphatic carbocycles. The molecule has 1 saturated heterocycles. The fourth-order valence-electron chi connectivity index (χ4n) is 4.01. The van der Waals surface area contributed by atoms with Crippen LogP contribution in [0.1, 0.15) is 31.2 Å². The van der Waals surface area contributed by atoms with E-state index in [0.29, 0.717) is 11.8 Å². The lowest BCUT2D eigenvalue weighted by Gasteiger charge is -2.20. The number of guanidine groups is 1. The standard InChI is InChI=1S/C25H36N4O2/c1-19(21-8-10-23(30-3)11-9-21)12-14-27-25(26-2)28-17-20-13-15-29(18-20)22-6-5-7-24(16-22)31-4/h5-11,16,19-20H,12-15,17-18H2,1-4H3,(H2,26,27,28). The Morgan fingerprint density at radius 3 is 2.58 bits per heavy atom. The van der Waals surface area contributed by atoms with Crippen molar-refractivity contribution in [2.75, 3.05) is 52.3 Å². The van der Waals surface area contributed by atoms with E-state index in [-0.39, 0.29) is 0 Å².